The van der Waals surface area contributed by atoms with E-state index >= 15 is 4.39 Å². The lowest BCUT2D eigenvalue weighted by molar-refractivity contribution is -0.116. The number of amides is 2. The van der Waals surface area contributed by atoms with Crippen LogP contribution >= 0.6 is 0 Å². The second kappa shape index (κ2) is 8.04. The predicted molar refractivity (Wildman–Crippen MR) is 130 cm³/mol. The molecule has 1 fully saturated rings. The molecule has 1 saturated heterocycles. The summed E-state index contributed by atoms with van der Waals surface area (Å²) in [6.45, 7) is 2.65. The standard InChI is InChI=1S/C26H25FN6O2/c1-14-2-6-21(16-3-5-19-15(8-16)4-7-24(34)30-19)32(12-14)26(35)17-9-22-20(10-18(17)27)31-25(28)23-11-29-13-33(22)23/h3,5,8-11,13-14,21H,2,4,6-7,12H2,1H3,(H2,28,31)(H,30,34)/t14-,21+/m1/s1. The highest BCUT2D eigenvalue weighted by atomic mass is 19.1. The molecule has 8 nitrogen and oxygen atoms in total. The number of carbonyl (C=O) groups excluding carboxylic acids is 2. The van der Waals surface area contributed by atoms with Crippen molar-refractivity contribution >= 4 is 39.9 Å². The molecule has 178 valence electrons. The maximum absolute atomic E-state index is 15.3. The Morgan fingerprint density at radius 1 is 1.17 bits per heavy atom. The van der Waals surface area contributed by atoms with E-state index in [0.29, 0.717) is 41.9 Å². The fourth-order valence-electron chi connectivity index (χ4n) is 5.35. The number of nitrogen functional groups attached to an aromatic ring is 1. The van der Waals surface area contributed by atoms with Crippen LogP contribution in [0.25, 0.3) is 16.6 Å². The Morgan fingerprint density at radius 3 is 2.89 bits per heavy atom. The Bertz CT molecular complexity index is 1510. The van der Waals surface area contributed by atoms with Gasteiger partial charge in [-0.15, -0.1) is 0 Å². The van der Waals surface area contributed by atoms with Crippen LogP contribution in [0.1, 0.15) is 53.7 Å². The minimum atomic E-state index is -0.626. The highest BCUT2D eigenvalue weighted by molar-refractivity contribution is 5.99. The van der Waals surface area contributed by atoms with E-state index < -0.39 is 5.82 Å². The van der Waals surface area contributed by atoms with E-state index in [-0.39, 0.29) is 29.2 Å². The second-order valence-electron chi connectivity index (χ2n) is 9.59. The fraction of sp³-hybridized carbons (Fsp3) is 0.308. The van der Waals surface area contributed by atoms with Gasteiger partial charge in [-0.05, 0) is 48.4 Å². The molecule has 0 saturated carbocycles. The molecule has 0 unspecified atom stereocenters. The highest BCUT2D eigenvalue weighted by Crippen LogP contribution is 2.37. The lowest BCUT2D eigenvalue weighted by Gasteiger charge is -2.39. The molecular formula is C26H25FN6O2. The lowest BCUT2D eigenvalue weighted by atomic mass is 9.87. The number of hydrogen-bond donors (Lipinski definition) is 2. The van der Waals surface area contributed by atoms with Gasteiger partial charge >= 0.3 is 0 Å². The molecule has 2 amide bonds. The summed E-state index contributed by atoms with van der Waals surface area (Å²) in [5, 5.41) is 2.91. The fourth-order valence-corrected chi connectivity index (χ4v) is 5.35. The molecule has 3 N–H and O–H groups in total. The molecule has 6 rings (SSSR count). The maximum Gasteiger partial charge on any atom is 0.257 e. The average Bonchev–Trinajstić information content (AvgIpc) is 3.34. The van der Waals surface area contributed by atoms with Gasteiger partial charge in [0.2, 0.25) is 5.91 Å². The zero-order chi connectivity index (χ0) is 24.3. The van der Waals surface area contributed by atoms with Crippen molar-refractivity contribution in [1.82, 2.24) is 19.3 Å². The maximum atomic E-state index is 15.3. The molecule has 2 atom stereocenters. The van der Waals surface area contributed by atoms with E-state index in [9.17, 15) is 9.59 Å². The first-order valence-electron chi connectivity index (χ1n) is 11.8. The summed E-state index contributed by atoms with van der Waals surface area (Å²) in [6, 6.07) is 8.59. The van der Waals surface area contributed by atoms with Crippen LogP contribution in [0.3, 0.4) is 0 Å². The second-order valence-corrected chi connectivity index (χ2v) is 9.59. The first-order chi connectivity index (χ1) is 16.9. The van der Waals surface area contributed by atoms with Crippen molar-refractivity contribution in [1.29, 1.82) is 0 Å². The molecule has 2 aromatic carbocycles. The Labute approximate surface area is 201 Å². The number of likely N-dealkylation sites (tertiary alicyclic amines) is 1. The van der Waals surface area contributed by atoms with Crippen LogP contribution in [0.5, 0.6) is 0 Å². The molecule has 0 bridgehead atoms. The van der Waals surface area contributed by atoms with Crippen molar-refractivity contribution < 1.29 is 14.0 Å². The normalized spacial score (nSPS) is 20.2. The van der Waals surface area contributed by atoms with Gasteiger partial charge in [-0.25, -0.2) is 14.4 Å². The lowest BCUT2D eigenvalue weighted by Crippen LogP contribution is -2.42. The van der Waals surface area contributed by atoms with Crippen molar-refractivity contribution in [2.75, 3.05) is 17.6 Å². The van der Waals surface area contributed by atoms with Crippen LogP contribution in [0, 0.1) is 11.7 Å². The Kier molecular flexibility index (Phi) is 4.94. The molecule has 4 aromatic rings. The summed E-state index contributed by atoms with van der Waals surface area (Å²) >= 11 is 0. The van der Waals surface area contributed by atoms with E-state index in [1.807, 2.05) is 12.1 Å². The number of fused-ring (bicyclic) bond motifs is 4. The number of hydrogen-bond acceptors (Lipinski definition) is 5. The van der Waals surface area contributed by atoms with Crippen LogP contribution < -0.4 is 11.1 Å². The zero-order valence-corrected chi connectivity index (χ0v) is 19.3. The SMILES string of the molecule is C[C@@H]1CC[C@@H](c2ccc3c(c2)CCC(=O)N3)N(C(=O)c2cc3c(cc2F)nc(N)c2cncn23)C1. The molecule has 2 aliphatic heterocycles. The van der Waals surface area contributed by atoms with Gasteiger partial charge in [-0.1, -0.05) is 19.1 Å². The minimum absolute atomic E-state index is 0.00314. The van der Waals surface area contributed by atoms with Crippen molar-refractivity contribution in [3.05, 3.63) is 65.4 Å². The number of imidazole rings is 1. The van der Waals surface area contributed by atoms with Gasteiger partial charge in [0.25, 0.3) is 5.91 Å². The predicted octanol–water partition coefficient (Wildman–Crippen LogP) is 4.10. The van der Waals surface area contributed by atoms with E-state index in [0.717, 1.165) is 29.7 Å². The van der Waals surface area contributed by atoms with Crippen molar-refractivity contribution in [3.63, 3.8) is 0 Å². The van der Waals surface area contributed by atoms with Gasteiger partial charge in [0, 0.05) is 24.7 Å². The molecule has 2 aromatic heterocycles. The number of rotatable bonds is 2. The summed E-state index contributed by atoms with van der Waals surface area (Å²) in [5.74, 6) is -0.404. The smallest absolute Gasteiger partial charge is 0.257 e. The zero-order valence-electron chi connectivity index (χ0n) is 19.3. The number of piperidine rings is 1. The molecule has 35 heavy (non-hydrogen) atoms. The van der Waals surface area contributed by atoms with Gasteiger partial charge in [-0.3, -0.25) is 14.0 Å². The molecule has 0 spiro atoms. The summed E-state index contributed by atoms with van der Waals surface area (Å²) in [5.41, 5.74) is 10.4. The molecule has 0 aliphatic carbocycles. The largest absolute Gasteiger partial charge is 0.382 e. The third kappa shape index (κ3) is 3.58. The topological polar surface area (TPSA) is 106 Å². The number of anilines is 2. The minimum Gasteiger partial charge on any atom is -0.382 e. The molecular weight excluding hydrogens is 447 g/mol. The Balaban J connectivity index is 1.41. The van der Waals surface area contributed by atoms with E-state index in [2.05, 4.69) is 28.3 Å². The number of nitrogens with one attached hydrogen (secondary N) is 1. The van der Waals surface area contributed by atoms with Crippen LogP contribution in [-0.4, -0.2) is 37.6 Å². The number of aryl methyl sites for hydroxylation is 1. The third-order valence-corrected chi connectivity index (χ3v) is 7.18. The van der Waals surface area contributed by atoms with Gasteiger partial charge in [-0.2, -0.15) is 0 Å². The number of benzene rings is 2. The van der Waals surface area contributed by atoms with Gasteiger partial charge in [0.1, 0.15) is 17.2 Å². The number of nitrogens with two attached hydrogens (primary N) is 1. The average molecular weight is 473 g/mol. The summed E-state index contributed by atoms with van der Waals surface area (Å²) in [6.07, 6.45) is 6.05. The number of halogens is 1. The van der Waals surface area contributed by atoms with Crippen LogP contribution in [0.15, 0.2) is 42.9 Å². The van der Waals surface area contributed by atoms with E-state index in [1.54, 1.807) is 27.9 Å². The summed E-state index contributed by atoms with van der Waals surface area (Å²) < 4.78 is 17.0. The Hall–Kier alpha value is -4.01. The number of aromatic nitrogens is 3. The summed E-state index contributed by atoms with van der Waals surface area (Å²) in [7, 11) is 0. The summed E-state index contributed by atoms with van der Waals surface area (Å²) in [4.78, 5) is 35.8. The monoisotopic (exact) mass is 472 g/mol. The Morgan fingerprint density at radius 2 is 2.03 bits per heavy atom. The van der Waals surface area contributed by atoms with Crippen LogP contribution in [0.2, 0.25) is 0 Å². The third-order valence-electron chi connectivity index (χ3n) is 7.18. The van der Waals surface area contributed by atoms with Crippen LogP contribution in [0.4, 0.5) is 15.9 Å². The van der Waals surface area contributed by atoms with E-state index in [4.69, 9.17) is 5.73 Å². The number of carbonyl (C=O) groups is 2. The van der Waals surface area contributed by atoms with E-state index in [1.165, 1.54) is 6.07 Å². The number of nitrogens with zero attached hydrogens (tertiary/aromatic N) is 4. The van der Waals surface area contributed by atoms with Crippen molar-refractivity contribution in [2.24, 2.45) is 5.92 Å². The molecule has 4 heterocycles. The molecule has 2 aliphatic rings. The molecule has 9 heteroatoms. The first kappa shape index (κ1) is 21.5. The van der Waals surface area contributed by atoms with Crippen molar-refractivity contribution in [2.45, 2.75) is 38.6 Å². The quantitative estimate of drug-likeness (QED) is 0.457. The first-order valence-corrected chi connectivity index (χ1v) is 11.8. The van der Waals surface area contributed by atoms with Gasteiger partial charge < -0.3 is 16.0 Å². The van der Waals surface area contributed by atoms with Gasteiger partial charge in [0.05, 0.1) is 35.2 Å². The van der Waals surface area contributed by atoms with Crippen LogP contribution in [-0.2, 0) is 11.2 Å². The molecule has 0 radical (unpaired) electrons. The van der Waals surface area contributed by atoms with Gasteiger partial charge in [0.15, 0.2) is 0 Å². The van der Waals surface area contributed by atoms with Crippen molar-refractivity contribution in [3.8, 4) is 0 Å². The highest BCUT2D eigenvalue weighted by Gasteiger charge is 2.33.